The standard InChI is InChI=1S/C8H9.C2H6.CH3.Y/c1-2-8-6-4-3-5-7-8;1-2;;/h4-7H,2H2,1H3;1-2H3;1H3;/q-1;;-1;. The van der Waals surface area contributed by atoms with Gasteiger partial charge in [0.15, 0.2) is 0 Å². The molecule has 0 heterocycles. The van der Waals surface area contributed by atoms with Crippen molar-refractivity contribution >= 4 is 0 Å². The van der Waals surface area contributed by atoms with Crippen molar-refractivity contribution in [1.82, 2.24) is 0 Å². The van der Waals surface area contributed by atoms with Crippen LogP contribution in [0.1, 0.15) is 26.3 Å². The first kappa shape index (κ1) is 18.2. The Morgan fingerprint density at radius 1 is 1.17 bits per heavy atom. The molecule has 0 fully saturated rings. The minimum atomic E-state index is 0. The molecule has 1 aromatic rings. The zero-order chi connectivity index (χ0) is 7.82. The Morgan fingerprint density at radius 2 is 1.58 bits per heavy atom. The maximum absolute atomic E-state index is 2.97. The second-order valence-corrected chi connectivity index (χ2v) is 1.76. The molecule has 0 amide bonds. The summed E-state index contributed by atoms with van der Waals surface area (Å²) in [4.78, 5) is 0. The number of aryl methyl sites for hydroxylation is 1. The molecular formula is C11H18Y-2. The number of rotatable bonds is 1. The van der Waals surface area contributed by atoms with Crippen LogP contribution < -0.4 is 0 Å². The van der Waals surface area contributed by atoms with Gasteiger partial charge in [-0.3, -0.25) is 0 Å². The minimum Gasteiger partial charge on any atom is -0.358 e. The molecule has 0 unspecified atom stereocenters. The van der Waals surface area contributed by atoms with Crippen LogP contribution >= 0.6 is 0 Å². The Hall–Kier alpha value is 0.324. The van der Waals surface area contributed by atoms with Crippen molar-refractivity contribution in [2.75, 3.05) is 0 Å². The summed E-state index contributed by atoms with van der Waals surface area (Å²) in [6.45, 7) is 6.15. The van der Waals surface area contributed by atoms with Gasteiger partial charge in [0.05, 0.1) is 0 Å². The van der Waals surface area contributed by atoms with Gasteiger partial charge in [0.1, 0.15) is 0 Å². The summed E-state index contributed by atoms with van der Waals surface area (Å²) in [5, 5.41) is 0. The Balaban J connectivity index is -0.000000189. The molecule has 1 heteroatoms. The van der Waals surface area contributed by atoms with E-state index in [1.54, 1.807) is 0 Å². The normalized spacial score (nSPS) is 6.58. The fraction of sp³-hybridized carbons (Fsp3) is 0.364. The zero-order valence-electron chi connectivity index (χ0n) is 8.59. The zero-order valence-corrected chi connectivity index (χ0v) is 11.4. The van der Waals surface area contributed by atoms with Crippen LogP contribution in [0.5, 0.6) is 0 Å². The van der Waals surface area contributed by atoms with Gasteiger partial charge in [-0.25, -0.2) is 0 Å². The molecule has 1 rings (SSSR count). The first-order valence-electron chi connectivity index (χ1n) is 3.88. The van der Waals surface area contributed by atoms with Crippen molar-refractivity contribution in [2.45, 2.75) is 27.2 Å². The van der Waals surface area contributed by atoms with Crippen LogP contribution in [0.25, 0.3) is 0 Å². The van der Waals surface area contributed by atoms with Crippen LogP contribution in [-0.4, -0.2) is 0 Å². The monoisotopic (exact) mass is 239 g/mol. The molecule has 0 aliphatic carbocycles. The Kier molecular flexibility index (Phi) is 21.0. The van der Waals surface area contributed by atoms with E-state index in [0.29, 0.717) is 0 Å². The maximum Gasteiger partial charge on any atom is 0 e. The summed E-state index contributed by atoms with van der Waals surface area (Å²) >= 11 is 0. The van der Waals surface area contributed by atoms with Gasteiger partial charge in [0, 0.05) is 32.7 Å². The molecule has 12 heavy (non-hydrogen) atoms. The predicted molar refractivity (Wildman–Crippen MR) is 52.4 cm³/mol. The molecule has 1 aromatic carbocycles. The van der Waals surface area contributed by atoms with Crippen molar-refractivity contribution in [3.63, 3.8) is 0 Å². The third kappa shape index (κ3) is 8.42. The predicted octanol–water partition coefficient (Wildman–Crippen LogP) is 3.52. The molecule has 0 saturated heterocycles. The maximum atomic E-state index is 2.97. The van der Waals surface area contributed by atoms with Crippen molar-refractivity contribution in [3.05, 3.63) is 43.3 Å². The van der Waals surface area contributed by atoms with E-state index in [0.717, 1.165) is 6.42 Å². The average Bonchev–Trinajstić information content (AvgIpc) is 2.10. The van der Waals surface area contributed by atoms with Gasteiger partial charge >= 0.3 is 0 Å². The summed E-state index contributed by atoms with van der Waals surface area (Å²) < 4.78 is 0. The third-order valence-corrected chi connectivity index (χ3v) is 1.20. The molecule has 0 nitrogen and oxygen atoms in total. The summed E-state index contributed by atoms with van der Waals surface area (Å²) in [7, 11) is 0. The van der Waals surface area contributed by atoms with Crippen molar-refractivity contribution in [1.29, 1.82) is 0 Å². The van der Waals surface area contributed by atoms with Gasteiger partial charge in [-0.05, 0) is 0 Å². The number of benzene rings is 1. The summed E-state index contributed by atoms with van der Waals surface area (Å²) in [6.07, 6.45) is 1.12. The van der Waals surface area contributed by atoms with Crippen molar-refractivity contribution in [3.8, 4) is 0 Å². The van der Waals surface area contributed by atoms with Crippen LogP contribution in [0.4, 0.5) is 0 Å². The second kappa shape index (κ2) is 13.9. The number of hydrogen-bond acceptors (Lipinski definition) is 0. The van der Waals surface area contributed by atoms with E-state index in [1.807, 2.05) is 26.0 Å². The smallest absolute Gasteiger partial charge is 0 e. The third-order valence-electron chi connectivity index (χ3n) is 1.20. The van der Waals surface area contributed by atoms with Gasteiger partial charge in [0.25, 0.3) is 0 Å². The van der Waals surface area contributed by atoms with Crippen molar-refractivity contribution < 1.29 is 32.7 Å². The van der Waals surface area contributed by atoms with E-state index >= 15 is 0 Å². The molecule has 0 bridgehead atoms. The fourth-order valence-corrected chi connectivity index (χ4v) is 0.657. The van der Waals surface area contributed by atoms with Crippen LogP contribution in [0.15, 0.2) is 24.3 Å². The average molecular weight is 239 g/mol. The van der Waals surface area contributed by atoms with Crippen LogP contribution in [-0.2, 0) is 39.1 Å². The van der Waals surface area contributed by atoms with Gasteiger partial charge in [-0.2, -0.15) is 35.9 Å². The molecule has 0 aromatic heterocycles. The molecule has 0 aliphatic heterocycles. The molecule has 67 valence electrons. The molecule has 0 saturated carbocycles. The van der Waals surface area contributed by atoms with Gasteiger partial charge in [0.2, 0.25) is 0 Å². The van der Waals surface area contributed by atoms with Gasteiger partial charge < -0.3 is 7.43 Å². The van der Waals surface area contributed by atoms with E-state index in [2.05, 4.69) is 25.1 Å². The summed E-state index contributed by atoms with van der Waals surface area (Å²) in [5.74, 6) is 0. The summed E-state index contributed by atoms with van der Waals surface area (Å²) in [6, 6.07) is 11.0. The van der Waals surface area contributed by atoms with E-state index in [-0.39, 0.29) is 40.1 Å². The fourth-order valence-electron chi connectivity index (χ4n) is 0.657. The van der Waals surface area contributed by atoms with Crippen LogP contribution in [0, 0.1) is 13.5 Å². The second-order valence-electron chi connectivity index (χ2n) is 1.76. The molecule has 0 spiro atoms. The minimum absolute atomic E-state index is 0. The Morgan fingerprint density at radius 3 is 1.83 bits per heavy atom. The van der Waals surface area contributed by atoms with E-state index in [1.165, 1.54) is 5.56 Å². The Labute approximate surface area is 103 Å². The van der Waals surface area contributed by atoms with E-state index in [9.17, 15) is 0 Å². The number of hydrogen-bond donors (Lipinski definition) is 0. The van der Waals surface area contributed by atoms with Crippen LogP contribution in [0.3, 0.4) is 0 Å². The summed E-state index contributed by atoms with van der Waals surface area (Å²) in [5.41, 5.74) is 1.38. The largest absolute Gasteiger partial charge is 0.358 e. The molecule has 0 aliphatic rings. The molecular weight excluding hydrogens is 221 g/mol. The quantitative estimate of drug-likeness (QED) is 0.658. The van der Waals surface area contributed by atoms with Crippen molar-refractivity contribution in [2.24, 2.45) is 0 Å². The molecule has 1 radical (unpaired) electrons. The van der Waals surface area contributed by atoms with Gasteiger partial charge in [-0.1, -0.05) is 27.2 Å². The van der Waals surface area contributed by atoms with Crippen LogP contribution in [0.2, 0.25) is 0 Å². The Bertz CT molecular complexity index is 146. The van der Waals surface area contributed by atoms with E-state index < -0.39 is 0 Å². The SMILES string of the molecule is CC.CCc1cc[c-]cc1.[CH3-].[Y]. The molecule has 0 atom stereocenters. The molecule has 0 N–H and O–H groups in total. The first-order valence-corrected chi connectivity index (χ1v) is 3.88. The topological polar surface area (TPSA) is 0 Å². The first-order chi connectivity index (χ1) is 4.93. The van der Waals surface area contributed by atoms with Gasteiger partial charge in [-0.15, -0.1) is 0 Å². The van der Waals surface area contributed by atoms with E-state index in [4.69, 9.17) is 0 Å².